The summed E-state index contributed by atoms with van der Waals surface area (Å²) in [7, 11) is -2.13. The minimum Gasteiger partial charge on any atom is -0.334 e. The fourth-order valence-corrected chi connectivity index (χ4v) is 3.53. The van der Waals surface area contributed by atoms with Gasteiger partial charge in [0, 0.05) is 24.7 Å². The van der Waals surface area contributed by atoms with Crippen LogP contribution in [0.15, 0.2) is 29.2 Å². The first kappa shape index (κ1) is 19.9. The number of carbonyl (C=O) groups is 1. The Morgan fingerprint density at radius 1 is 1.35 bits per heavy atom. The summed E-state index contributed by atoms with van der Waals surface area (Å²) in [6, 6.07) is 6.06. The van der Waals surface area contributed by atoms with E-state index in [0.717, 1.165) is 12.8 Å². The zero-order chi connectivity index (χ0) is 16.3. The van der Waals surface area contributed by atoms with Gasteiger partial charge in [-0.25, -0.2) is 13.1 Å². The molecule has 1 fully saturated rings. The average molecular weight is 362 g/mol. The summed E-state index contributed by atoms with van der Waals surface area (Å²) in [4.78, 5) is 14.6. The SMILES string of the molecule is CNS(=O)(=O)c1ccc(C(=O)N2CCC(C)CC2CN)cc1.Cl. The molecule has 3 N–H and O–H groups in total. The van der Waals surface area contributed by atoms with Crippen molar-refractivity contribution in [2.45, 2.75) is 30.7 Å². The highest BCUT2D eigenvalue weighted by molar-refractivity contribution is 7.89. The number of nitrogens with one attached hydrogen (secondary N) is 1. The van der Waals surface area contributed by atoms with Gasteiger partial charge in [0.25, 0.3) is 5.91 Å². The molecule has 0 aromatic heterocycles. The molecule has 1 aromatic carbocycles. The van der Waals surface area contributed by atoms with Crippen molar-refractivity contribution in [1.82, 2.24) is 9.62 Å². The Morgan fingerprint density at radius 2 is 1.96 bits per heavy atom. The van der Waals surface area contributed by atoms with Crippen LogP contribution in [-0.2, 0) is 10.0 Å². The van der Waals surface area contributed by atoms with E-state index in [1.807, 2.05) is 4.90 Å². The standard InChI is InChI=1S/C15H23N3O3S.ClH/c1-11-7-8-18(13(9-11)10-16)15(19)12-3-5-14(6-4-12)22(20,21)17-2;/h3-6,11,13,17H,7-10,16H2,1-2H3;1H. The maximum atomic E-state index is 12.6. The molecule has 130 valence electrons. The molecular weight excluding hydrogens is 338 g/mol. The summed E-state index contributed by atoms with van der Waals surface area (Å²) in [5, 5.41) is 0. The van der Waals surface area contributed by atoms with E-state index in [1.165, 1.54) is 19.2 Å². The number of nitrogens with two attached hydrogens (primary N) is 1. The minimum atomic E-state index is -3.48. The molecular formula is C15H24ClN3O3S. The first-order chi connectivity index (χ1) is 10.4. The van der Waals surface area contributed by atoms with E-state index in [-0.39, 0.29) is 29.3 Å². The first-order valence-corrected chi connectivity index (χ1v) is 8.92. The molecule has 2 unspecified atom stereocenters. The van der Waals surface area contributed by atoms with Crippen molar-refractivity contribution in [3.63, 3.8) is 0 Å². The van der Waals surface area contributed by atoms with Crippen LogP contribution in [0.2, 0.25) is 0 Å². The molecule has 1 amide bonds. The lowest BCUT2D eigenvalue weighted by molar-refractivity contribution is 0.0573. The summed E-state index contributed by atoms with van der Waals surface area (Å²) in [5.41, 5.74) is 6.28. The van der Waals surface area contributed by atoms with Crippen molar-refractivity contribution < 1.29 is 13.2 Å². The third-order valence-corrected chi connectivity index (χ3v) is 5.62. The Balaban J connectivity index is 0.00000264. The molecule has 6 nitrogen and oxygen atoms in total. The second-order valence-corrected chi connectivity index (χ2v) is 7.64. The number of halogens is 1. The molecule has 1 saturated heterocycles. The smallest absolute Gasteiger partial charge is 0.254 e. The highest BCUT2D eigenvalue weighted by atomic mass is 35.5. The molecule has 0 spiro atoms. The molecule has 1 aliphatic heterocycles. The Kier molecular flexibility index (Phi) is 7.01. The number of likely N-dealkylation sites (tertiary alicyclic amines) is 1. The van der Waals surface area contributed by atoms with Crippen LogP contribution < -0.4 is 10.5 Å². The zero-order valence-electron chi connectivity index (χ0n) is 13.4. The molecule has 1 aliphatic rings. The van der Waals surface area contributed by atoms with Crippen molar-refractivity contribution in [2.24, 2.45) is 11.7 Å². The molecule has 8 heteroatoms. The summed E-state index contributed by atoms with van der Waals surface area (Å²) in [6.07, 6.45) is 1.88. The van der Waals surface area contributed by atoms with Crippen molar-refractivity contribution in [3.8, 4) is 0 Å². The average Bonchev–Trinajstić information content (AvgIpc) is 2.54. The van der Waals surface area contributed by atoms with Gasteiger partial charge in [0.15, 0.2) is 0 Å². The maximum absolute atomic E-state index is 12.6. The first-order valence-electron chi connectivity index (χ1n) is 7.43. The Hall–Kier alpha value is -1.15. The second-order valence-electron chi connectivity index (χ2n) is 5.75. The van der Waals surface area contributed by atoms with Crippen molar-refractivity contribution in [1.29, 1.82) is 0 Å². The van der Waals surface area contributed by atoms with Crippen molar-refractivity contribution >= 4 is 28.3 Å². The summed E-state index contributed by atoms with van der Waals surface area (Å²) in [6.45, 7) is 3.31. The van der Waals surface area contributed by atoms with Crippen LogP contribution in [0.1, 0.15) is 30.1 Å². The fourth-order valence-electron chi connectivity index (χ4n) is 2.80. The largest absolute Gasteiger partial charge is 0.334 e. The maximum Gasteiger partial charge on any atom is 0.254 e. The second kappa shape index (κ2) is 8.10. The third kappa shape index (κ3) is 4.44. The number of nitrogens with zero attached hydrogens (tertiary/aromatic N) is 1. The van der Waals surface area contributed by atoms with E-state index in [2.05, 4.69) is 11.6 Å². The molecule has 0 aliphatic carbocycles. The minimum absolute atomic E-state index is 0. The fraction of sp³-hybridized carbons (Fsp3) is 0.533. The number of hydrogen-bond donors (Lipinski definition) is 2. The van der Waals surface area contributed by atoms with Crippen LogP contribution in [-0.4, -0.2) is 45.4 Å². The summed E-state index contributed by atoms with van der Waals surface area (Å²) >= 11 is 0. The van der Waals surface area contributed by atoms with Gasteiger partial charge in [-0.15, -0.1) is 12.4 Å². The van der Waals surface area contributed by atoms with Gasteiger partial charge in [-0.3, -0.25) is 4.79 Å². The number of rotatable bonds is 4. The Labute approximate surface area is 143 Å². The van der Waals surface area contributed by atoms with Gasteiger partial charge in [0.2, 0.25) is 10.0 Å². The van der Waals surface area contributed by atoms with E-state index in [4.69, 9.17) is 5.73 Å². The molecule has 0 saturated carbocycles. The quantitative estimate of drug-likeness (QED) is 0.843. The number of benzene rings is 1. The highest BCUT2D eigenvalue weighted by Crippen LogP contribution is 2.24. The lowest BCUT2D eigenvalue weighted by Gasteiger charge is -2.38. The van der Waals surface area contributed by atoms with E-state index < -0.39 is 10.0 Å². The summed E-state index contributed by atoms with van der Waals surface area (Å²) < 4.78 is 25.6. The number of amides is 1. The zero-order valence-corrected chi connectivity index (χ0v) is 15.0. The van der Waals surface area contributed by atoms with Crippen molar-refractivity contribution in [2.75, 3.05) is 20.1 Å². The van der Waals surface area contributed by atoms with Crippen LogP contribution in [0.3, 0.4) is 0 Å². The topological polar surface area (TPSA) is 92.5 Å². The molecule has 0 radical (unpaired) electrons. The lowest BCUT2D eigenvalue weighted by Crippen LogP contribution is -2.49. The van der Waals surface area contributed by atoms with E-state index in [1.54, 1.807) is 12.1 Å². The third-order valence-electron chi connectivity index (χ3n) is 4.19. The molecule has 1 aromatic rings. The van der Waals surface area contributed by atoms with E-state index >= 15 is 0 Å². The molecule has 1 heterocycles. The molecule has 2 rings (SSSR count). The van der Waals surface area contributed by atoms with Crippen LogP contribution in [0.25, 0.3) is 0 Å². The number of sulfonamides is 1. The van der Waals surface area contributed by atoms with E-state index in [0.29, 0.717) is 24.6 Å². The summed E-state index contributed by atoms with van der Waals surface area (Å²) in [5.74, 6) is 0.483. The number of hydrogen-bond acceptors (Lipinski definition) is 4. The normalized spacial score (nSPS) is 21.6. The van der Waals surface area contributed by atoms with Crippen LogP contribution in [0.5, 0.6) is 0 Å². The van der Waals surface area contributed by atoms with E-state index in [9.17, 15) is 13.2 Å². The van der Waals surface area contributed by atoms with Crippen molar-refractivity contribution in [3.05, 3.63) is 29.8 Å². The van der Waals surface area contributed by atoms with Crippen LogP contribution in [0.4, 0.5) is 0 Å². The van der Waals surface area contributed by atoms with Crippen LogP contribution in [0, 0.1) is 5.92 Å². The van der Waals surface area contributed by atoms with Gasteiger partial charge >= 0.3 is 0 Å². The Morgan fingerprint density at radius 3 is 2.48 bits per heavy atom. The molecule has 23 heavy (non-hydrogen) atoms. The predicted octanol–water partition coefficient (Wildman–Crippen LogP) is 1.22. The van der Waals surface area contributed by atoms with Gasteiger partial charge in [-0.1, -0.05) is 6.92 Å². The highest BCUT2D eigenvalue weighted by Gasteiger charge is 2.29. The molecule has 0 bridgehead atoms. The van der Waals surface area contributed by atoms with Crippen LogP contribution >= 0.6 is 12.4 Å². The molecule has 2 atom stereocenters. The van der Waals surface area contributed by atoms with Gasteiger partial charge in [0.1, 0.15) is 0 Å². The monoisotopic (exact) mass is 361 g/mol. The van der Waals surface area contributed by atoms with Gasteiger partial charge in [0.05, 0.1) is 4.90 Å². The van der Waals surface area contributed by atoms with Gasteiger partial charge in [-0.05, 0) is 50.1 Å². The van der Waals surface area contributed by atoms with Gasteiger partial charge in [-0.2, -0.15) is 0 Å². The predicted molar refractivity (Wildman–Crippen MR) is 92.2 cm³/mol. The Bertz CT molecular complexity index is 634. The van der Waals surface area contributed by atoms with Gasteiger partial charge < -0.3 is 10.6 Å². The lowest BCUT2D eigenvalue weighted by atomic mass is 9.92. The number of piperidine rings is 1. The number of carbonyl (C=O) groups excluding carboxylic acids is 1.